The number of unbranched alkanes of at least 4 members (excludes halogenated alkanes) is 1. The highest BCUT2D eigenvalue weighted by Crippen LogP contribution is 2.05. The lowest BCUT2D eigenvalue weighted by Gasteiger charge is -2.06. The van der Waals surface area contributed by atoms with Crippen LogP contribution in [0, 0.1) is 0 Å². The smallest absolute Gasteiger partial charge is 0.330 e. The van der Waals surface area contributed by atoms with Crippen LogP contribution in [0.4, 0.5) is 0 Å². The lowest BCUT2D eigenvalue weighted by molar-refractivity contribution is -0.267. The van der Waals surface area contributed by atoms with Crippen molar-refractivity contribution < 1.29 is 19.7 Å². The van der Waals surface area contributed by atoms with Crippen LogP contribution in [0.3, 0.4) is 0 Å². The topological polar surface area (TPSA) is 55.8 Å². The summed E-state index contributed by atoms with van der Waals surface area (Å²) in [5.74, 6) is -0.411. The van der Waals surface area contributed by atoms with Gasteiger partial charge in [0.25, 0.3) is 0 Å². The summed E-state index contributed by atoms with van der Waals surface area (Å²) in [5, 5.41) is 8.49. The maximum Gasteiger partial charge on any atom is 0.330 e. The maximum atomic E-state index is 10.9. The minimum Gasteiger partial charge on any atom is -0.463 e. The molecule has 0 rings (SSSR count). The van der Waals surface area contributed by atoms with Gasteiger partial charge in [-0.1, -0.05) is 19.8 Å². The molecule has 0 aliphatic carbocycles. The Morgan fingerprint density at radius 2 is 2.21 bits per heavy atom. The Balaban J connectivity index is 3.84. The quantitative estimate of drug-likeness (QED) is 0.297. The van der Waals surface area contributed by atoms with E-state index in [0.29, 0.717) is 13.0 Å². The van der Waals surface area contributed by atoms with E-state index in [2.05, 4.69) is 9.62 Å². The van der Waals surface area contributed by atoms with E-state index in [1.54, 1.807) is 6.92 Å². The fourth-order valence-corrected chi connectivity index (χ4v) is 0.966. The lowest BCUT2D eigenvalue weighted by atomic mass is 10.1. The highest BCUT2D eigenvalue weighted by molar-refractivity contribution is 5.81. The van der Waals surface area contributed by atoms with Crippen LogP contribution in [-0.2, 0) is 14.4 Å². The van der Waals surface area contributed by atoms with E-state index in [1.807, 2.05) is 6.92 Å². The molecular weight excluding hydrogens is 184 g/mol. The molecular formula is C10H18O4. The van der Waals surface area contributed by atoms with Crippen molar-refractivity contribution in [1.82, 2.24) is 0 Å². The number of esters is 1. The number of ether oxygens (including phenoxy) is 1. The number of carbonyl (C=O) groups excluding carboxylic acids is 1. The fraction of sp³-hybridized carbons (Fsp3) is 0.700. The van der Waals surface area contributed by atoms with Gasteiger partial charge in [-0.3, -0.25) is 5.26 Å². The molecule has 0 amide bonds. The third-order valence-corrected chi connectivity index (χ3v) is 1.71. The van der Waals surface area contributed by atoms with Crippen LogP contribution in [0.25, 0.3) is 0 Å². The maximum absolute atomic E-state index is 10.9. The highest BCUT2D eigenvalue weighted by Gasteiger charge is 2.04. The first-order valence-corrected chi connectivity index (χ1v) is 4.89. The van der Waals surface area contributed by atoms with Gasteiger partial charge in [0.1, 0.15) is 6.10 Å². The van der Waals surface area contributed by atoms with Crippen molar-refractivity contribution in [2.75, 3.05) is 6.61 Å². The van der Waals surface area contributed by atoms with Crippen LogP contribution < -0.4 is 0 Å². The summed E-state index contributed by atoms with van der Waals surface area (Å²) in [5.41, 5.74) is 0. The van der Waals surface area contributed by atoms with Crippen LogP contribution in [-0.4, -0.2) is 23.9 Å². The first-order chi connectivity index (χ1) is 6.74. The molecule has 0 fully saturated rings. The van der Waals surface area contributed by atoms with Gasteiger partial charge in [0.15, 0.2) is 0 Å². The van der Waals surface area contributed by atoms with Gasteiger partial charge in [-0.15, -0.1) is 0 Å². The second kappa shape index (κ2) is 8.72. The third kappa shape index (κ3) is 6.62. The molecule has 0 bridgehead atoms. The molecule has 0 radical (unpaired) electrons. The largest absolute Gasteiger partial charge is 0.463 e. The molecule has 0 aliphatic heterocycles. The van der Waals surface area contributed by atoms with Crippen molar-refractivity contribution in [1.29, 1.82) is 0 Å². The van der Waals surface area contributed by atoms with Crippen molar-refractivity contribution in [2.24, 2.45) is 0 Å². The van der Waals surface area contributed by atoms with Crippen LogP contribution in [0.5, 0.6) is 0 Å². The van der Waals surface area contributed by atoms with E-state index in [0.717, 1.165) is 12.8 Å². The molecule has 0 saturated carbocycles. The molecule has 0 aromatic heterocycles. The molecule has 1 N–H and O–H groups in total. The second-order valence-electron chi connectivity index (χ2n) is 2.90. The second-order valence-corrected chi connectivity index (χ2v) is 2.90. The summed E-state index contributed by atoms with van der Waals surface area (Å²) in [7, 11) is 0. The van der Waals surface area contributed by atoms with Crippen molar-refractivity contribution in [3.05, 3.63) is 12.2 Å². The number of carbonyl (C=O) groups is 1. The SMILES string of the molecule is CCCC[C@@H](/C=C/C(=O)OCC)OO. The van der Waals surface area contributed by atoms with Gasteiger partial charge in [-0.2, -0.15) is 0 Å². The fourth-order valence-electron chi connectivity index (χ4n) is 0.966. The first kappa shape index (κ1) is 13.1. The van der Waals surface area contributed by atoms with Gasteiger partial charge in [0.2, 0.25) is 0 Å². The Morgan fingerprint density at radius 1 is 1.50 bits per heavy atom. The summed E-state index contributed by atoms with van der Waals surface area (Å²) >= 11 is 0. The molecule has 14 heavy (non-hydrogen) atoms. The Hall–Kier alpha value is -0.870. The molecule has 0 spiro atoms. The predicted octanol–water partition coefficient (Wildman–Crippen LogP) is 2.15. The predicted molar refractivity (Wildman–Crippen MR) is 52.8 cm³/mol. The molecule has 82 valence electrons. The third-order valence-electron chi connectivity index (χ3n) is 1.71. The van der Waals surface area contributed by atoms with Gasteiger partial charge in [0, 0.05) is 6.08 Å². The van der Waals surface area contributed by atoms with Crippen molar-refractivity contribution in [3.8, 4) is 0 Å². The van der Waals surface area contributed by atoms with E-state index in [4.69, 9.17) is 5.26 Å². The molecule has 1 atom stereocenters. The molecule has 0 heterocycles. The molecule has 0 aromatic carbocycles. The molecule has 0 aliphatic rings. The Kier molecular flexibility index (Phi) is 8.17. The van der Waals surface area contributed by atoms with Crippen LogP contribution in [0.15, 0.2) is 12.2 Å². The Morgan fingerprint density at radius 3 is 2.71 bits per heavy atom. The van der Waals surface area contributed by atoms with Crippen LogP contribution in [0.2, 0.25) is 0 Å². The lowest BCUT2D eigenvalue weighted by Crippen LogP contribution is -2.08. The molecule has 4 heteroatoms. The van der Waals surface area contributed by atoms with Gasteiger partial charge < -0.3 is 4.74 Å². The minimum absolute atomic E-state index is 0.350. The zero-order valence-electron chi connectivity index (χ0n) is 8.73. The van der Waals surface area contributed by atoms with Gasteiger partial charge >= 0.3 is 5.97 Å². The van der Waals surface area contributed by atoms with E-state index in [9.17, 15) is 4.79 Å². The average Bonchev–Trinajstić information content (AvgIpc) is 2.19. The molecule has 0 aromatic rings. The molecule has 4 nitrogen and oxygen atoms in total. The van der Waals surface area contributed by atoms with Crippen LogP contribution in [0.1, 0.15) is 33.1 Å². The van der Waals surface area contributed by atoms with Gasteiger partial charge in [-0.05, 0) is 19.4 Å². The van der Waals surface area contributed by atoms with Crippen molar-refractivity contribution in [3.63, 3.8) is 0 Å². The number of hydrogen-bond donors (Lipinski definition) is 1. The highest BCUT2D eigenvalue weighted by atomic mass is 17.1. The first-order valence-electron chi connectivity index (χ1n) is 4.89. The summed E-state index contributed by atoms with van der Waals surface area (Å²) in [6.07, 6.45) is 5.03. The average molecular weight is 202 g/mol. The van der Waals surface area contributed by atoms with Gasteiger partial charge in [-0.25, -0.2) is 9.68 Å². The monoisotopic (exact) mass is 202 g/mol. The zero-order chi connectivity index (χ0) is 10.8. The number of rotatable bonds is 7. The number of hydrogen-bond acceptors (Lipinski definition) is 4. The summed E-state index contributed by atoms with van der Waals surface area (Å²) < 4.78 is 4.68. The van der Waals surface area contributed by atoms with E-state index < -0.39 is 12.1 Å². The summed E-state index contributed by atoms with van der Waals surface area (Å²) in [6, 6.07) is 0. The Bertz CT molecular complexity index is 177. The standard InChI is InChI=1S/C10H18O4/c1-3-5-6-9(14-12)7-8-10(11)13-4-2/h7-9,12H,3-6H2,1-2H3/b8-7+/t9-/m0/s1. The normalized spacial score (nSPS) is 13.1. The molecule has 0 saturated heterocycles. The van der Waals surface area contributed by atoms with E-state index in [-0.39, 0.29) is 0 Å². The van der Waals surface area contributed by atoms with E-state index in [1.165, 1.54) is 12.2 Å². The zero-order valence-corrected chi connectivity index (χ0v) is 8.73. The summed E-state index contributed by atoms with van der Waals surface area (Å²) in [6.45, 7) is 4.13. The summed E-state index contributed by atoms with van der Waals surface area (Å²) in [4.78, 5) is 15.1. The molecule has 0 unspecified atom stereocenters. The minimum atomic E-state index is -0.417. The van der Waals surface area contributed by atoms with Crippen molar-refractivity contribution in [2.45, 2.75) is 39.2 Å². The van der Waals surface area contributed by atoms with Crippen molar-refractivity contribution >= 4 is 5.97 Å². The van der Waals surface area contributed by atoms with Crippen LogP contribution >= 0.6 is 0 Å². The van der Waals surface area contributed by atoms with Gasteiger partial charge in [0.05, 0.1) is 6.61 Å². The van der Waals surface area contributed by atoms with E-state index >= 15 is 0 Å². The Labute approximate surface area is 84.4 Å².